The summed E-state index contributed by atoms with van der Waals surface area (Å²) >= 11 is 0. The van der Waals surface area contributed by atoms with Crippen molar-refractivity contribution in [2.45, 2.75) is 38.1 Å². The summed E-state index contributed by atoms with van der Waals surface area (Å²) in [6.07, 6.45) is 12.2. The number of allylic oxidation sites excluding steroid dienone is 1. The smallest absolute Gasteiger partial charge is 0.254 e. The normalized spacial score (nSPS) is 29.1. The molecule has 3 nitrogen and oxygen atoms in total. The number of rotatable bonds is 1. The van der Waals surface area contributed by atoms with Crippen LogP contribution in [0.3, 0.4) is 0 Å². The van der Waals surface area contributed by atoms with Crippen molar-refractivity contribution in [3.05, 3.63) is 24.3 Å². The molecule has 0 fully saturated rings. The SMILES string of the molecule is O=C1C=CC(=O)N1C1/C=C/CCCCC1. The Hall–Kier alpha value is -1.38. The van der Waals surface area contributed by atoms with Crippen LogP contribution in [0.5, 0.6) is 0 Å². The van der Waals surface area contributed by atoms with Crippen LogP contribution in [0.4, 0.5) is 0 Å². The molecular weight excluding hydrogens is 190 g/mol. The standard InChI is InChI=1S/C12H15NO2/c14-11-8-9-12(15)13(11)10-6-4-2-1-3-5-7-10/h4,6,8-10H,1-3,5,7H2/b6-4+. The number of imide groups is 1. The average molecular weight is 205 g/mol. The van der Waals surface area contributed by atoms with Crippen molar-refractivity contribution >= 4 is 11.8 Å². The van der Waals surface area contributed by atoms with Crippen molar-refractivity contribution in [2.75, 3.05) is 0 Å². The Kier molecular flexibility index (Phi) is 2.99. The number of carbonyl (C=O) groups is 2. The maximum atomic E-state index is 11.5. The van der Waals surface area contributed by atoms with Gasteiger partial charge in [-0.15, -0.1) is 0 Å². The molecule has 2 amide bonds. The quantitative estimate of drug-likeness (QED) is 0.483. The topological polar surface area (TPSA) is 37.4 Å². The average Bonchev–Trinajstić information content (AvgIpc) is 2.48. The summed E-state index contributed by atoms with van der Waals surface area (Å²) in [6, 6.07) is -0.0275. The van der Waals surface area contributed by atoms with Gasteiger partial charge >= 0.3 is 0 Å². The highest BCUT2D eigenvalue weighted by molar-refractivity contribution is 6.13. The number of amides is 2. The Balaban J connectivity index is 2.11. The molecule has 0 radical (unpaired) electrons. The second kappa shape index (κ2) is 4.43. The first-order valence-corrected chi connectivity index (χ1v) is 5.51. The summed E-state index contributed by atoms with van der Waals surface area (Å²) in [4.78, 5) is 24.3. The van der Waals surface area contributed by atoms with E-state index in [-0.39, 0.29) is 17.9 Å². The Morgan fingerprint density at radius 2 is 1.80 bits per heavy atom. The molecule has 0 bridgehead atoms. The molecule has 15 heavy (non-hydrogen) atoms. The van der Waals surface area contributed by atoms with Crippen molar-refractivity contribution in [3.8, 4) is 0 Å². The van der Waals surface area contributed by atoms with E-state index in [1.54, 1.807) is 0 Å². The first-order chi connectivity index (χ1) is 7.29. The molecule has 1 heterocycles. The van der Waals surface area contributed by atoms with E-state index in [1.165, 1.54) is 29.9 Å². The minimum Gasteiger partial charge on any atom is -0.269 e. The minimum absolute atomic E-state index is 0.0275. The molecule has 0 N–H and O–H groups in total. The third kappa shape index (κ3) is 2.17. The molecular formula is C12H15NO2. The van der Waals surface area contributed by atoms with Crippen molar-refractivity contribution < 1.29 is 9.59 Å². The molecule has 2 rings (SSSR count). The van der Waals surface area contributed by atoms with Gasteiger partial charge in [0, 0.05) is 12.2 Å². The summed E-state index contributed by atoms with van der Waals surface area (Å²) < 4.78 is 0. The lowest BCUT2D eigenvalue weighted by atomic mass is 10.0. The highest BCUT2D eigenvalue weighted by atomic mass is 16.2. The molecule has 3 heteroatoms. The third-order valence-electron chi connectivity index (χ3n) is 2.90. The number of hydrogen-bond donors (Lipinski definition) is 0. The second-order valence-corrected chi connectivity index (χ2v) is 4.01. The van der Waals surface area contributed by atoms with E-state index in [0.717, 1.165) is 19.3 Å². The lowest BCUT2D eigenvalue weighted by molar-refractivity contribution is -0.138. The zero-order valence-electron chi connectivity index (χ0n) is 8.69. The van der Waals surface area contributed by atoms with Crippen LogP contribution >= 0.6 is 0 Å². The number of nitrogens with zero attached hydrogens (tertiary/aromatic N) is 1. The Bertz CT molecular complexity index is 313. The summed E-state index contributed by atoms with van der Waals surface area (Å²) in [5.41, 5.74) is 0. The van der Waals surface area contributed by atoms with E-state index in [0.29, 0.717) is 0 Å². The summed E-state index contributed by atoms with van der Waals surface area (Å²) in [6.45, 7) is 0. The van der Waals surface area contributed by atoms with Crippen molar-refractivity contribution in [1.82, 2.24) is 4.90 Å². The van der Waals surface area contributed by atoms with Gasteiger partial charge in [0.05, 0.1) is 6.04 Å². The van der Waals surface area contributed by atoms with Crippen LogP contribution in [0.1, 0.15) is 32.1 Å². The van der Waals surface area contributed by atoms with Gasteiger partial charge < -0.3 is 0 Å². The van der Waals surface area contributed by atoms with E-state index in [1.807, 2.05) is 6.08 Å². The van der Waals surface area contributed by atoms with E-state index in [9.17, 15) is 9.59 Å². The fraction of sp³-hybridized carbons (Fsp3) is 0.500. The van der Waals surface area contributed by atoms with Crippen LogP contribution in [0, 0.1) is 0 Å². The summed E-state index contributed by atoms with van der Waals surface area (Å²) in [5.74, 6) is -0.342. The van der Waals surface area contributed by atoms with E-state index in [2.05, 4.69) is 6.08 Å². The Labute approximate surface area is 89.4 Å². The predicted molar refractivity (Wildman–Crippen MR) is 57.0 cm³/mol. The molecule has 0 saturated carbocycles. The molecule has 0 aromatic carbocycles. The Morgan fingerprint density at radius 3 is 2.53 bits per heavy atom. The lowest BCUT2D eigenvalue weighted by Gasteiger charge is -2.24. The van der Waals surface area contributed by atoms with E-state index >= 15 is 0 Å². The van der Waals surface area contributed by atoms with Gasteiger partial charge in [0.2, 0.25) is 0 Å². The minimum atomic E-state index is -0.171. The van der Waals surface area contributed by atoms with Crippen molar-refractivity contribution in [2.24, 2.45) is 0 Å². The predicted octanol–water partition coefficient (Wildman–Crippen LogP) is 1.80. The van der Waals surface area contributed by atoms with Crippen LogP contribution in [0.2, 0.25) is 0 Å². The zero-order valence-corrected chi connectivity index (χ0v) is 8.69. The van der Waals surface area contributed by atoms with Crippen LogP contribution in [0.15, 0.2) is 24.3 Å². The number of carbonyl (C=O) groups excluding carboxylic acids is 2. The maximum absolute atomic E-state index is 11.5. The third-order valence-corrected chi connectivity index (χ3v) is 2.90. The molecule has 0 aromatic heterocycles. The maximum Gasteiger partial charge on any atom is 0.254 e. The molecule has 1 atom stereocenters. The van der Waals surface area contributed by atoms with Crippen LogP contribution in [-0.4, -0.2) is 22.8 Å². The van der Waals surface area contributed by atoms with Crippen LogP contribution < -0.4 is 0 Å². The highest BCUT2D eigenvalue weighted by Crippen LogP contribution is 2.19. The van der Waals surface area contributed by atoms with E-state index < -0.39 is 0 Å². The first kappa shape index (κ1) is 10.1. The van der Waals surface area contributed by atoms with Crippen molar-refractivity contribution in [3.63, 3.8) is 0 Å². The van der Waals surface area contributed by atoms with Gasteiger partial charge in [-0.2, -0.15) is 0 Å². The zero-order chi connectivity index (χ0) is 10.7. The molecule has 0 spiro atoms. The van der Waals surface area contributed by atoms with Gasteiger partial charge in [0.1, 0.15) is 0 Å². The van der Waals surface area contributed by atoms with Crippen molar-refractivity contribution in [1.29, 1.82) is 0 Å². The molecule has 1 unspecified atom stereocenters. The lowest BCUT2D eigenvalue weighted by Crippen LogP contribution is -2.39. The summed E-state index contributed by atoms with van der Waals surface area (Å²) in [7, 11) is 0. The van der Waals surface area contributed by atoms with Crippen LogP contribution in [0.25, 0.3) is 0 Å². The Morgan fingerprint density at radius 1 is 1.07 bits per heavy atom. The van der Waals surface area contributed by atoms with E-state index in [4.69, 9.17) is 0 Å². The molecule has 0 saturated heterocycles. The fourth-order valence-corrected chi connectivity index (χ4v) is 2.10. The first-order valence-electron chi connectivity index (χ1n) is 5.51. The highest BCUT2D eigenvalue weighted by Gasteiger charge is 2.29. The molecule has 2 aliphatic rings. The van der Waals surface area contributed by atoms with Crippen LogP contribution in [-0.2, 0) is 9.59 Å². The van der Waals surface area contributed by atoms with Gasteiger partial charge in [0.25, 0.3) is 11.8 Å². The molecule has 0 aromatic rings. The van der Waals surface area contributed by atoms with Gasteiger partial charge in [-0.1, -0.05) is 25.0 Å². The second-order valence-electron chi connectivity index (χ2n) is 4.01. The van der Waals surface area contributed by atoms with Gasteiger partial charge in [-0.3, -0.25) is 14.5 Å². The molecule has 1 aliphatic carbocycles. The summed E-state index contributed by atoms with van der Waals surface area (Å²) in [5, 5.41) is 0. The molecule has 80 valence electrons. The number of hydrogen-bond acceptors (Lipinski definition) is 2. The molecule has 1 aliphatic heterocycles. The van der Waals surface area contributed by atoms with Gasteiger partial charge in [-0.05, 0) is 19.3 Å². The fourth-order valence-electron chi connectivity index (χ4n) is 2.10. The largest absolute Gasteiger partial charge is 0.269 e. The monoisotopic (exact) mass is 205 g/mol. The van der Waals surface area contributed by atoms with Gasteiger partial charge in [-0.25, -0.2) is 0 Å². The van der Waals surface area contributed by atoms with Gasteiger partial charge in [0.15, 0.2) is 0 Å².